The standard InChI is InChI=1S/C13H22N2O5S/c1-20-13(17)10-5-8-14(9-6-10)12(16)11-4-3-7-15(11)21(2,18)19/h10-11H,3-9H2,1-2H3. The number of nitrogens with zero attached hydrogens (tertiary/aromatic N) is 2. The van der Waals surface area contributed by atoms with Crippen molar-refractivity contribution in [2.45, 2.75) is 31.7 Å². The smallest absolute Gasteiger partial charge is 0.308 e. The highest BCUT2D eigenvalue weighted by molar-refractivity contribution is 7.88. The van der Waals surface area contributed by atoms with E-state index in [2.05, 4.69) is 0 Å². The maximum absolute atomic E-state index is 12.5. The second-order valence-electron chi connectivity index (χ2n) is 5.65. The summed E-state index contributed by atoms with van der Waals surface area (Å²) in [4.78, 5) is 25.7. The molecule has 7 nitrogen and oxygen atoms in total. The molecule has 0 radical (unpaired) electrons. The summed E-state index contributed by atoms with van der Waals surface area (Å²) in [6.45, 7) is 1.37. The molecular formula is C13H22N2O5S. The summed E-state index contributed by atoms with van der Waals surface area (Å²) >= 11 is 0. The molecule has 0 aromatic heterocycles. The number of rotatable bonds is 3. The number of esters is 1. The van der Waals surface area contributed by atoms with Gasteiger partial charge in [-0.25, -0.2) is 8.42 Å². The van der Waals surface area contributed by atoms with Crippen LogP contribution in [0.4, 0.5) is 0 Å². The molecule has 0 aromatic rings. The van der Waals surface area contributed by atoms with E-state index in [1.807, 2.05) is 0 Å². The van der Waals surface area contributed by atoms with Gasteiger partial charge >= 0.3 is 5.97 Å². The van der Waals surface area contributed by atoms with E-state index in [4.69, 9.17) is 4.74 Å². The van der Waals surface area contributed by atoms with Gasteiger partial charge < -0.3 is 9.64 Å². The Morgan fingerprint density at radius 1 is 1.10 bits per heavy atom. The maximum atomic E-state index is 12.5. The average Bonchev–Trinajstić information content (AvgIpc) is 2.95. The molecule has 1 amide bonds. The lowest BCUT2D eigenvalue weighted by Gasteiger charge is -2.34. The molecule has 2 rings (SSSR count). The fourth-order valence-electron chi connectivity index (χ4n) is 3.10. The highest BCUT2D eigenvalue weighted by Gasteiger charge is 2.39. The lowest BCUT2D eigenvalue weighted by molar-refractivity contribution is -0.149. The van der Waals surface area contributed by atoms with Crippen LogP contribution in [0.1, 0.15) is 25.7 Å². The minimum Gasteiger partial charge on any atom is -0.469 e. The third kappa shape index (κ3) is 3.55. The van der Waals surface area contributed by atoms with Gasteiger partial charge in [0, 0.05) is 19.6 Å². The molecular weight excluding hydrogens is 296 g/mol. The van der Waals surface area contributed by atoms with Crippen molar-refractivity contribution in [1.82, 2.24) is 9.21 Å². The number of carbonyl (C=O) groups excluding carboxylic acids is 2. The second-order valence-corrected chi connectivity index (χ2v) is 7.59. The fourth-order valence-corrected chi connectivity index (χ4v) is 4.22. The summed E-state index contributed by atoms with van der Waals surface area (Å²) in [5, 5.41) is 0. The van der Waals surface area contributed by atoms with Crippen LogP contribution in [-0.2, 0) is 24.3 Å². The third-order valence-electron chi connectivity index (χ3n) is 4.26. The minimum atomic E-state index is -3.35. The lowest BCUT2D eigenvalue weighted by Crippen LogP contribution is -2.50. The van der Waals surface area contributed by atoms with Crippen LogP contribution in [0.15, 0.2) is 0 Å². The number of ether oxygens (including phenoxy) is 1. The molecule has 0 saturated carbocycles. The molecule has 1 unspecified atom stereocenters. The first-order chi connectivity index (χ1) is 9.84. The number of amides is 1. The Morgan fingerprint density at radius 3 is 2.24 bits per heavy atom. The number of piperidine rings is 1. The number of sulfonamides is 1. The Kier molecular flexibility index (Phi) is 4.88. The van der Waals surface area contributed by atoms with Crippen LogP contribution >= 0.6 is 0 Å². The van der Waals surface area contributed by atoms with E-state index in [-0.39, 0.29) is 17.8 Å². The number of carbonyl (C=O) groups is 2. The molecule has 0 aliphatic carbocycles. The first kappa shape index (κ1) is 16.2. The van der Waals surface area contributed by atoms with Crippen LogP contribution in [0.25, 0.3) is 0 Å². The quantitative estimate of drug-likeness (QED) is 0.674. The Morgan fingerprint density at radius 2 is 1.71 bits per heavy atom. The van der Waals surface area contributed by atoms with Gasteiger partial charge in [-0.05, 0) is 25.7 Å². The molecule has 21 heavy (non-hydrogen) atoms. The van der Waals surface area contributed by atoms with Gasteiger partial charge in [0.05, 0.1) is 19.3 Å². The molecule has 2 aliphatic heterocycles. The van der Waals surface area contributed by atoms with Gasteiger partial charge in [-0.1, -0.05) is 0 Å². The van der Waals surface area contributed by atoms with Crippen molar-refractivity contribution in [3.05, 3.63) is 0 Å². The SMILES string of the molecule is COC(=O)C1CCN(C(=O)C2CCCN2S(C)(=O)=O)CC1. The monoisotopic (exact) mass is 318 g/mol. The lowest BCUT2D eigenvalue weighted by atomic mass is 9.96. The van der Waals surface area contributed by atoms with E-state index >= 15 is 0 Å². The molecule has 8 heteroatoms. The number of hydrogen-bond acceptors (Lipinski definition) is 5. The van der Waals surface area contributed by atoms with E-state index in [9.17, 15) is 18.0 Å². The normalized spacial score (nSPS) is 25.0. The topological polar surface area (TPSA) is 84.0 Å². The van der Waals surface area contributed by atoms with Crippen LogP contribution in [-0.4, -0.2) is 68.5 Å². The third-order valence-corrected chi connectivity index (χ3v) is 5.54. The summed E-state index contributed by atoms with van der Waals surface area (Å²) in [7, 11) is -1.99. The highest BCUT2D eigenvalue weighted by atomic mass is 32.2. The van der Waals surface area contributed by atoms with Gasteiger partial charge in [-0.15, -0.1) is 0 Å². The fraction of sp³-hybridized carbons (Fsp3) is 0.846. The molecule has 2 aliphatic rings. The van der Waals surface area contributed by atoms with Crippen molar-refractivity contribution in [2.24, 2.45) is 5.92 Å². The van der Waals surface area contributed by atoms with Crippen LogP contribution < -0.4 is 0 Å². The Balaban J connectivity index is 1.97. The summed E-state index contributed by atoms with van der Waals surface area (Å²) in [5.74, 6) is -0.532. The van der Waals surface area contributed by atoms with Gasteiger partial charge in [-0.2, -0.15) is 4.31 Å². The van der Waals surface area contributed by atoms with Crippen molar-refractivity contribution >= 4 is 21.9 Å². The molecule has 0 bridgehead atoms. The second kappa shape index (κ2) is 6.31. The largest absolute Gasteiger partial charge is 0.469 e. The van der Waals surface area contributed by atoms with Crippen molar-refractivity contribution in [2.75, 3.05) is 33.0 Å². The van der Waals surface area contributed by atoms with Gasteiger partial charge in [0.15, 0.2) is 0 Å². The van der Waals surface area contributed by atoms with E-state index in [1.165, 1.54) is 11.4 Å². The van der Waals surface area contributed by atoms with Gasteiger partial charge in [0.25, 0.3) is 0 Å². The van der Waals surface area contributed by atoms with Crippen LogP contribution in [0.3, 0.4) is 0 Å². The van der Waals surface area contributed by atoms with Crippen molar-refractivity contribution in [1.29, 1.82) is 0 Å². The molecule has 2 saturated heterocycles. The summed E-state index contributed by atoms with van der Waals surface area (Å²) in [6.07, 6.45) is 3.57. The van der Waals surface area contributed by atoms with Crippen molar-refractivity contribution < 1.29 is 22.7 Å². The van der Waals surface area contributed by atoms with Gasteiger partial charge in [0.1, 0.15) is 6.04 Å². The zero-order valence-electron chi connectivity index (χ0n) is 12.4. The zero-order valence-corrected chi connectivity index (χ0v) is 13.3. The van der Waals surface area contributed by atoms with E-state index in [0.717, 1.165) is 6.26 Å². The molecule has 1 atom stereocenters. The van der Waals surface area contributed by atoms with Gasteiger partial charge in [-0.3, -0.25) is 9.59 Å². The molecule has 2 fully saturated rings. The van der Waals surface area contributed by atoms with Crippen molar-refractivity contribution in [3.8, 4) is 0 Å². The molecule has 0 N–H and O–H groups in total. The highest BCUT2D eigenvalue weighted by Crippen LogP contribution is 2.25. The summed E-state index contributed by atoms with van der Waals surface area (Å²) in [6, 6.07) is -0.574. The molecule has 2 heterocycles. The average molecular weight is 318 g/mol. The van der Waals surface area contributed by atoms with Gasteiger partial charge in [0.2, 0.25) is 15.9 Å². The Hall–Kier alpha value is -1.15. The van der Waals surface area contributed by atoms with Crippen molar-refractivity contribution in [3.63, 3.8) is 0 Å². The number of methoxy groups -OCH3 is 1. The minimum absolute atomic E-state index is 0.138. The summed E-state index contributed by atoms with van der Waals surface area (Å²) in [5.41, 5.74) is 0. The number of hydrogen-bond donors (Lipinski definition) is 0. The predicted molar refractivity (Wildman–Crippen MR) is 75.9 cm³/mol. The van der Waals surface area contributed by atoms with E-state index in [1.54, 1.807) is 4.90 Å². The molecule has 0 spiro atoms. The van der Waals surface area contributed by atoms with E-state index < -0.39 is 16.1 Å². The maximum Gasteiger partial charge on any atom is 0.308 e. The first-order valence-electron chi connectivity index (χ1n) is 7.18. The van der Waals surface area contributed by atoms with Crippen LogP contribution in [0.2, 0.25) is 0 Å². The zero-order chi connectivity index (χ0) is 15.6. The van der Waals surface area contributed by atoms with Crippen LogP contribution in [0, 0.1) is 5.92 Å². The number of likely N-dealkylation sites (tertiary alicyclic amines) is 1. The molecule has 0 aromatic carbocycles. The van der Waals surface area contributed by atoms with E-state index in [0.29, 0.717) is 45.3 Å². The summed E-state index contributed by atoms with van der Waals surface area (Å²) < 4.78 is 29.4. The molecule has 120 valence electrons. The van der Waals surface area contributed by atoms with Crippen LogP contribution in [0.5, 0.6) is 0 Å². The first-order valence-corrected chi connectivity index (χ1v) is 9.03. The predicted octanol–water partition coefficient (Wildman–Crippen LogP) is -0.178. The Labute approximate surface area is 125 Å². The Bertz CT molecular complexity index is 511.